The highest BCUT2D eigenvalue weighted by Gasteiger charge is 2.20. The Morgan fingerprint density at radius 1 is 1.40 bits per heavy atom. The van der Waals surface area contributed by atoms with E-state index in [-0.39, 0.29) is 17.6 Å². The van der Waals surface area contributed by atoms with Crippen LogP contribution in [0.25, 0.3) is 0 Å². The van der Waals surface area contributed by atoms with E-state index in [1.165, 1.54) is 19.2 Å². The van der Waals surface area contributed by atoms with Crippen LogP contribution in [0.1, 0.15) is 23.2 Å². The van der Waals surface area contributed by atoms with Gasteiger partial charge in [0.1, 0.15) is 5.69 Å². The van der Waals surface area contributed by atoms with Crippen molar-refractivity contribution in [1.82, 2.24) is 5.32 Å². The monoisotopic (exact) mass is 295 g/mol. The normalized spacial score (nSPS) is 15.7. The van der Waals surface area contributed by atoms with Gasteiger partial charge in [-0.1, -0.05) is 0 Å². The molecule has 1 amide bonds. The summed E-state index contributed by atoms with van der Waals surface area (Å²) in [5, 5.41) is 16.8. The molecule has 0 radical (unpaired) electrons. The molecule has 1 heterocycles. The SMILES string of the molecule is CNC(=O)c1ccc([N+](=O)[O-])c(NC2CCSCC2)c1. The molecule has 1 aromatic carbocycles. The Morgan fingerprint density at radius 3 is 2.70 bits per heavy atom. The molecule has 0 bridgehead atoms. The predicted molar refractivity (Wildman–Crippen MR) is 80.5 cm³/mol. The average molecular weight is 295 g/mol. The van der Waals surface area contributed by atoms with E-state index in [0.29, 0.717) is 11.3 Å². The van der Waals surface area contributed by atoms with Gasteiger partial charge in [0.25, 0.3) is 11.6 Å². The van der Waals surface area contributed by atoms with E-state index in [9.17, 15) is 14.9 Å². The number of nitro groups is 1. The van der Waals surface area contributed by atoms with Crippen LogP contribution in [0.15, 0.2) is 18.2 Å². The first-order valence-electron chi connectivity index (χ1n) is 6.46. The number of rotatable bonds is 4. The molecule has 1 aliphatic heterocycles. The van der Waals surface area contributed by atoms with Crippen LogP contribution in [-0.2, 0) is 0 Å². The van der Waals surface area contributed by atoms with Gasteiger partial charge >= 0.3 is 0 Å². The Kier molecular flexibility index (Phi) is 4.84. The standard InChI is InChI=1S/C13H17N3O3S/c1-14-13(17)9-2-3-12(16(18)19)11(8-9)15-10-4-6-20-7-5-10/h2-3,8,10,15H,4-7H2,1H3,(H,14,17). The number of hydrogen-bond donors (Lipinski definition) is 2. The van der Waals surface area contributed by atoms with Crippen molar-refractivity contribution in [2.75, 3.05) is 23.9 Å². The highest BCUT2D eigenvalue weighted by molar-refractivity contribution is 7.99. The van der Waals surface area contributed by atoms with Crippen molar-refractivity contribution in [2.24, 2.45) is 0 Å². The van der Waals surface area contributed by atoms with Gasteiger partial charge in [0.05, 0.1) is 4.92 Å². The lowest BCUT2D eigenvalue weighted by Crippen LogP contribution is -2.25. The third kappa shape index (κ3) is 3.41. The first-order chi connectivity index (χ1) is 9.61. The molecule has 0 atom stereocenters. The van der Waals surface area contributed by atoms with Crippen LogP contribution in [0.4, 0.5) is 11.4 Å². The lowest BCUT2D eigenvalue weighted by molar-refractivity contribution is -0.384. The van der Waals surface area contributed by atoms with Crippen LogP contribution in [-0.4, -0.2) is 35.4 Å². The fraction of sp³-hybridized carbons (Fsp3) is 0.462. The summed E-state index contributed by atoms with van der Waals surface area (Å²) in [6.07, 6.45) is 1.96. The van der Waals surface area contributed by atoms with E-state index in [1.54, 1.807) is 6.07 Å². The number of thioether (sulfide) groups is 1. The number of anilines is 1. The number of carbonyl (C=O) groups is 1. The molecule has 108 valence electrons. The number of nitro benzene ring substituents is 1. The van der Waals surface area contributed by atoms with Gasteiger partial charge in [0.2, 0.25) is 0 Å². The third-order valence-corrected chi connectivity index (χ3v) is 4.31. The maximum absolute atomic E-state index is 11.6. The molecule has 0 aromatic heterocycles. The summed E-state index contributed by atoms with van der Waals surface area (Å²) in [5.41, 5.74) is 0.856. The lowest BCUT2D eigenvalue weighted by atomic mass is 10.1. The minimum atomic E-state index is -0.423. The molecule has 2 rings (SSSR count). The topological polar surface area (TPSA) is 84.3 Å². The molecule has 1 fully saturated rings. The zero-order chi connectivity index (χ0) is 14.5. The van der Waals surface area contributed by atoms with Crippen molar-refractivity contribution >= 4 is 29.0 Å². The number of nitrogens with zero attached hydrogens (tertiary/aromatic N) is 1. The molecule has 2 N–H and O–H groups in total. The van der Waals surface area contributed by atoms with Crippen molar-refractivity contribution in [3.63, 3.8) is 0 Å². The van der Waals surface area contributed by atoms with Crippen LogP contribution in [0.3, 0.4) is 0 Å². The van der Waals surface area contributed by atoms with Crippen molar-refractivity contribution in [3.05, 3.63) is 33.9 Å². The number of hydrogen-bond acceptors (Lipinski definition) is 5. The quantitative estimate of drug-likeness (QED) is 0.657. The fourth-order valence-corrected chi connectivity index (χ4v) is 3.26. The molecule has 1 saturated heterocycles. The van der Waals surface area contributed by atoms with E-state index in [1.807, 2.05) is 11.8 Å². The second-order valence-corrected chi connectivity index (χ2v) is 5.82. The van der Waals surface area contributed by atoms with Gasteiger partial charge in [-0.15, -0.1) is 0 Å². The highest BCUT2D eigenvalue weighted by Crippen LogP contribution is 2.29. The number of benzene rings is 1. The molecule has 7 heteroatoms. The van der Waals surface area contributed by atoms with Crippen LogP contribution < -0.4 is 10.6 Å². The van der Waals surface area contributed by atoms with Gasteiger partial charge in [0.15, 0.2) is 0 Å². The van der Waals surface area contributed by atoms with Crippen molar-refractivity contribution in [2.45, 2.75) is 18.9 Å². The number of carbonyl (C=O) groups excluding carboxylic acids is 1. The number of amides is 1. The molecule has 1 aliphatic rings. The zero-order valence-electron chi connectivity index (χ0n) is 11.2. The van der Waals surface area contributed by atoms with E-state index < -0.39 is 4.92 Å². The summed E-state index contributed by atoms with van der Waals surface area (Å²) in [6, 6.07) is 4.64. The van der Waals surface area contributed by atoms with Crippen molar-refractivity contribution in [1.29, 1.82) is 0 Å². The summed E-state index contributed by atoms with van der Waals surface area (Å²) < 4.78 is 0. The van der Waals surface area contributed by atoms with Crippen LogP contribution in [0, 0.1) is 10.1 Å². The van der Waals surface area contributed by atoms with Crippen LogP contribution >= 0.6 is 11.8 Å². The fourth-order valence-electron chi connectivity index (χ4n) is 2.16. The van der Waals surface area contributed by atoms with E-state index in [4.69, 9.17) is 0 Å². The number of nitrogens with one attached hydrogen (secondary N) is 2. The maximum Gasteiger partial charge on any atom is 0.292 e. The third-order valence-electron chi connectivity index (χ3n) is 3.26. The Bertz CT molecular complexity index is 516. The second kappa shape index (κ2) is 6.60. The average Bonchev–Trinajstić information content (AvgIpc) is 2.47. The predicted octanol–water partition coefficient (Wildman–Crippen LogP) is 2.26. The zero-order valence-corrected chi connectivity index (χ0v) is 12.0. The Hall–Kier alpha value is -1.76. The van der Waals surface area contributed by atoms with Gasteiger partial charge in [-0.05, 0) is 36.5 Å². The van der Waals surface area contributed by atoms with E-state index in [0.717, 1.165) is 24.3 Å². The molecule has 0 saturated carbocycles. The Balaban J connectivity index is 2.26. The Labute approximate surface area is 121 Å². The molecular formula is C13H17N3O3S. The van der Waals surface area contributed by atoms with E-state index in [2.05, 4.69) is 10.6 Å². The van der Waals surface area contributed by atoms with Crippen molar-refractivity contribution in [3.8, 4) is 0 Å². The van der Waals surface area contributed by atoms with Gasteiger partial charge in [0, 0.05) is 24.7 Å². The molecule has 0 spiro atoms. The smallest absolute Gasteiger partial charge is 0.292 e. The summed E-state index contributed by atoms with van der Waals surface area (Å²) in [4.78, 5) is 22.3. The molecule has 20 heavy (non-hydrogen) atoms. The molecule has 6 nitrogen and oxygen atoms in total. The van der Waals surface area contributed by atoms with E-state index >= 15 is 0 Å². The summed E-state index contributed by atoms with van der Waals surface area (Å²) in [5.74, 6) is 1.86. The van der Waals surface area contributed by atoms with Gasteiger partial charge < -0.3 is 10.6 Å². The first kappa shape index (κ1) is 14.6. The van der Waals surface area contributed by atoms with Crippen LogP contribution in [0.2, 0.25) is 0 Å². The largest absolute Gasteiger partial charge is 0.377 e. The maximum atomic E-state index is 11.6. The molecular weight excluding hydrogens is 278 g/mol. The lowest BCUT2D eigenvalue weighted by Gasteiger charge is -2.23. The summed E-state index contributed by atoms with van der Waals surface area (Å²) in [7, 11) is 1.54. The van der Waals surface area contributed by atoms with Gasteiger partial charge in [-0.2, -0.15) is 11.8 Å². The molecule has 1 aromatic rings. The van der Waals surface area contributed by atoms with Crippen LogP contribution in [0.5, 0.6) is 0 Å². The van der Waals surface area contributed by atoms with Crippen molar-refractivity contribution < 1.29 is 9.72 Å². The van der Waals surface area contributed by atoms with Gasteiger partial charge in [-0.25, -0.2) is 0 Å². The van der Waals surface area contributed by atoms with Gasteiger partial charge in [-0.3, -0.25) is 14.9 Å². The minimum Gasteiger partial charge on any atom is -0.377 e. The molecule has 0 unspecified atom stereocenters. The molecule has 0 aliphatic carbocycles. The minimum absolute atomic E-state index is 0.0101. The highest BCUT2D eigenvalue weighted by atomic mass is 32.2. The Morgan fingerprint density at radius 2 is 2.10 bits per heavy atom. The summed E-state index contributed by atoms with van der Waals surface area (Å²) >= 11 is 1.89. The second-order valence-electron chi connectivity index (χ2n) is 4.60. The first-order valence-corrected chi connectivity index (χ1v) is 7.62. The summed E-state index contributed by atoms with van der Waals surface area (Å²) in [6.45, 7) is 0.